The maximum atomic E-state index is 12.3. The lowest BCUT2D eigenvalue weighted by molar-refractivity contribution is -0.117. The molecule has 0 atom stereocenters. The Kier molecular flexibility index (Phi) is 6.51. The first-order chi connectivity index (χ1) is 13.2. The van der Waals surface area contributed by atoms with Crippen LogP contribution < -0.4 is 10.2 Å². The summed E-state index contributed by atoms with van der Waals surface area (Å²) in [5.41, 5.74) is 2.91. The van der Waals surface area contributed by atoms with Crippen molar-refractivity contribution in [3.8, 4) is 6.07 Å². The minimum atomic E-state index is -0.405. The molecule has 1 N–H and O–H groups in total. The number of nitriles is 1. The van der Waals surface area contributed by atoms with E-state index in [9.17, 15) is 10.1 Å². The zero-order chi connectivity index (χ0) is 19.1. The molecule has 1 saturated heterocycles. The highest BCUT2D eigenvalue weighted by Gasteiger charge is 2.12. The van der Waals surface area contributed by atoms with Crippen LogP contribution in [0, 0.1) is 11.3 Å². The first-order valence-electron chi connectivity index (χ1n) is 9.16. The molecule has 1 fully saturated rings. The van der Waals surface area contributed by atoms with Gasteiger partial charge < -0.3 is 10.2 Å². The summed E-state index contributed by atoms with van der Waals surface area (Å²) in [7, 11) is 0. The lowest BCUT2D eigenvalue weighted by Gasteiger charge is -2.28. The molecule has 27 heavy (non-hydrogen) atoms. The molecule has 3 rings (SSSR count). The molecule has 2 aromatic carbocycles. The van der Waals surface area contributed by atoms with Crippen LogP contribution in [-0.4, -0.2) is 19.0 Å². The number of amides is 1. The largest absolute Gasteiger partial charge is 0.372 e. The van der Waals surface area contributed by atoms with Crippen LogP contribution >= 0.6 is 11.6 Å². The molecule has 0 aromatic heterocycles. The fourth-order valence-corrected chi connectivity index (χ4v) is 3.36. The van der Waals surface area contributed by atoms with Crippen LogP contribution in [-0.2, 0) is 11.3 Å². The lowest BCUT2D eigenvalue weighted by atomic mass is 10.1. The van der Waals surface area contributed by atoms with Crippen molar-refractivity contribution in [3.63, 3.8) is 0 Å². The van der Waals surface area contributed by atoms with E-state index in [4.69, 9.17) is 11.6 Å². The molecule has 4 nitrogen and oxygen atoms in total. The van der Waals surface area contributed by atoms with Crippen molar-refractivity contribution < 1.29 is 4.79 Å². The molecular weight excluding hydrogens is 358 g/mol. The number of carbonyl (C=O) groups is 1. The quantitative estimate of drug-likeness (QED) is 0.612. The highest BCUT2D eigenvalue weighted by atomic mass is 35.5. The number of hydrogen-bond acceptors (Lipinski definition) is 3. The molecule has 0 radical (unpaired) electrons. The Bertz CT molecular complexity index is 862. The summed E-state index contributed by atoms with van der Waals surface area (Å²) >= 11 is 6.09. The van der Waals surface area contributed by atoms with Crippen molar-refractivity contribution in [1.82, 2.24) is 5.32 Å². The van der Waals surface area contributed by atoms with Gasteiger partial charge in [-0.3, -0.25) is 4.79 Å². The van der Waals surface area contributed by atoms with E-state index in [-0.39, 0.29) is 12.1 Å². The van der Waals surface area contributed by atoms with E-state index in [1.54, 1.807) is 12.1 Å². The standard InChI is InChI=1S/C22H22ClN3O/c23-21-7-3-2-6-18(21)16-25-22(27)19(15-24)14-17-8-10-20(11-9-17)26-12-4-1-5-13-26/h2-3,6-11,14H,1,4-5,12-13,16H2,(H,25,27)/b19-14+. The van der Waals surface area contributed by atoms with Gasteiger partial charge in [-0.05, 0) is 54.7 Å². The van der Waals surface area contributed by atoms with E-state index in [1.807, 2.05) is 48.5 Å². The summed E-state index contributed by atoms with van der Waals surface area (Å²) in [4.78, 5) is 14.7. The third-order valence-corrected chi connectivity index (χ3v) is 5.06. The second kappa shape index (κ2) is 9.25. The summed E-state index contributed by atoms with van der Waals surface area (Å²) in [5.74, 6) is -0.405. The molecule has 1 aliphatic rings. The van der Waals surface area contributed by atoms with E-state index in [1.165, 1.54) is 24.9 Å². The van der Waals surface area contributed by atoms with Crippen molar-refractivity contribution in [1.29, 1.82) is 5.26 Å². The van der Waals surface area contributed by atoms with Gasteiger partial charge in [-0.2, -0.15) is 5.26 Å². The smallest absolute Gasteiger partial charge is 0.262 e. The van der Waals surface area contributed by atoms with Gasteiger partial charge in [0.05, 0.1) is 0 Å². The van der Waals surface area contributed by atoms with E-state index in [0.717, 1.165) is 24.2 Å². The number of halogens is 1. The van der Waals surface area contributed by atoms with Gasteiger partial charge in [-0.25, -0.2) is 0 Å². The first-order valence-corrected chi connectivity index (χ1v) is 9.53. The Labute approximate surface area is 165 Å². The molecule has 0 saturated carbocycles. The van der Waals surface area contributed by atoms with Gasteiger partial charge in [-0.1, -0.05) is 41.9 Å². The first kappa shape index (κ1) is 19.0. The monoisotopic (exact) mass is 379 g/mol. The third kappa shape index (κ3) is 5.12. The highest BCUT2D eigenvalue weighted by molar-refractivity contribution is 6.31. The molecule has 0 bridgehead atoms. The van der Waals surface area contributed by atoms with E-state index in [0.29, 0.717) is 5.02 Å². The Hall–Kier alpha value is -2.77. The highest BCUT2D eigenvalue weighted by Crippen LogP contribution is 2.21. The summed E-state index contributed by atoms with van der Waals surface area (Å²) in [6, 6.07) is 17.3. The third-order valence-electron chi connectivity index (χ3n) is 4.69. The van der Waals surface area contributed by atoms with Gasteiger partial charge in [0.15, 0.2) is 0 Å². The molecule has 0 spiro atoms. The lowest BCUT2D eigenvalue weighted by Crippen LogP contribution is -2.29. The summed E-state index contributed by atoms with van der Waals surface area (Å²) < 4.78 is 0. The van der Waals surface area contributed by atoms with Gasteiger partial charge >= 0.3 is 0 Å². The van der Waals surface area contributed by atoms with Gasteiger partial charge in [0.25, 0.3) is 5.91 Å². The van der Waals surface area contributed by atoms with E-state index in [2.05, 4.69) is 10.2 Å². The molecular formula is C22H22ClN3O. The summed E-state index contributed by atoms with van der Waals surface area (Å²) in [6.07, 6.45) is 5.37. The van der Waals surface area contributed by atoms with Crippen molar-refractivity contribution in [2.75, 3.05) is 18.0 Å². The number of nitrogens with zero attached hydrogens (tertiary/aromatic N) is 2. The summed E-state index contributed by atoms with van der Waals surface area (Å²) in [5, 5.41) is 12.7. The van der Waals surface area contributed by atoms with Crippen molar-refractivity contribution >= 4 is 29.3 Å². The molecule has 2 aromatic rings. The average Bonchev–Trinajstić information content (AvgIpc) is 2.72. The van der Waals surface area contributed by atoms with Crippen LogP contribution in [0.1, 0.15) is 30.4 Å². The van der Waals surface area contributed by atoms with Crippen LogP contribution in [0.2, 0.25) is 5.02 Å². The van der Waals surface area contributed by atoms with Gasteiger partial charge in [0, 0.05) is 30.3 Å². The van der Waals surface area contributed by atoms with Crippen molar-refractivity contribution in [2.24, 2.45) is 0 Å². The summed E-state index contributed by atoms with van der Waals surface area (Å²) in [6.45, 7) is 2.46. The maximum Gasteiger partial charge on any atom is 0.262 e. The average molecular weight is 380 g/mol. The van der Waals surface area contributed by atoms with Crippen LogP contribution in [0.3, 0.4) is 0 Å². The fourth-order valence-electron chi connectivity index (χ4n) is 3.16. The Morgan fingerprint density at radius 2 is 1.81 bits per heavy atom. The topological polar surface area (TPSA) is 56.1 Å². The number of carbonyl (C=O) groups excluding carboxylic acids is 1. The molecule has 1 amide bonds. The Balaban J connectivity index is 1.65. The SMILES string of the molecule is N#C/C(=C\c1ccc(N2CCCCC2)cc1)C(=O)NCc1ccccc1Cl. The Morgan fingerprint density at radius 1 is 1.11 bits per heavy atom. The second-order valence-electron chi connectivity index (χ2n) is 6.58. The normalized spacial score (nSPS) is 14.5. The van der Waals surface area contributed by atoms with Crippen LogP contribution in [0.4, 0.5) is 5.69 Å². The second-order valence-corrected chi connectivity index (χ2v) is 6.99. The number of hydrogen-bond donors (Lipinski definition) is 1. The minimum Gasteiger partial charge on any atom is -0.372 e. The number of anilines is 1. The van der Waals surface area contributed by atoms with E-state index < -0.39 is 5.91 Å². The number of nitrogens with one attached hydrogen (secondary N) is 1. The molecule has 138 valence electrons. The predicted octanol–water partition coefficient (Wildman–Crippen LogP) is 4.55. The van der Waals surface area contributed by atoms with Crippen LogP contribution in [0.15, 0.2) is 54.1 Å². The van der Waals surface area contributed by atoms with Gasteiger partial charge in [0.1, 0.15) is 11.6 Å². The fraction of sp³-hybridized carbons (Fsp3) is 0.273. The zero-order valence-electron chi connectivity index (χ0n) is 15.1. The molecule has 0 unspecified atom stereocenters. The van der Waals surface area contributed by atoms with Gasteiger partial charge in [-0.15, -0.1) is 0 Å². The molecule has 5 heteroatoms. The number of rotatable bonds is 5. The molecule has 0 aliphatic carbocycles. The van der Waals surface area contributed by atoms with Crippen LogP contribution in [0.25, 0.3) is 6.08 Å². The molecule has 1 aliphatic heterocycles. The molecule has 1 heterocycles. The van der Waals surface area contributed by atoms with Gasteiger partial charge in [0.2, 0.25) is 0 Å². The number of benzene rings is 2. The predicted molar refractivity (Wildman–Crippen MR) is 109 cm³/mol. The van der Waals surface area contributed by atoms with Crippen molar-refractivity contribution in [3.05, 3.63) is 70.3 Å². The maximum absolute atomic E-state index is 12.3. The minimum absolute atomic E-state index is 0.0766. The Morgan fingerprint density at radius 3 is 2.48 bits per heavy atom. The van der Waals surface area contributed by atoms with Crippen LogP contribution in [0.5, 0.6) is 0 Å². The van der Waals surface area contributed by atoms with E-state index >= 15 is 0 Å². The van der Waals surface area contributed by atoms with Crippen molar-refractivity contribution in [2.45, 2.75) is 25.8 Å². The zero-order valence-corrected chi connectivity index (χ0v) is 15.9. The number of piperidine rings is 1.